The van der Waals surface area contributed by atoms with Gasteiger partial charge in [0.25, 0.3) is 5.91 Å². The number of nitrogens with zero attached hydrogens (tertiary/aromatic N) is 2. The smallest absolute Gasteiger partial charge is 0.304 e. The number of halogens is 2. The zero-order valence-corrected chi connectivity index (χ0v) is 12.3. The van der Waals surface area contributed by atoms with Crippen LogP contribution in [0.3, 0.4) is 0 Å². The summed E-state index contributed by atoms with van der Waals surface area (Å²) in [5.41, 5.74) is -0.271. The molecule has 1 atom stereocenters. The second-order valence-electron chi connectivity index (χ2n) is 5.40. The van der Waals surface area contributed by atoms with Gasteiger partial charge in [0.05, 0.1) is 12.0 Å². The highest BCUT2D eigenvalue weighted by atomic mass is 19.1. The van der Waals surface area contributed by atoms with Crippen LogP contribution in [0.5, 0.6) is 0 Å². The van der Waals surface area contributed by atoms with Gasteiger partial charge >= 0.3 is 5.97 Å². The molecule has 1 unspecified atom stereocenters. The van der Waals surface area contributed by atoms with Crippen LogP contribution < -0.4 is 0 Å². The second-order valence-corrected chi connectivity index (χ2v) is 5.40. The molecule has 1 aromatic carbocycles. The predicted molar refractivity (Wildman–Crippen MR) is 75.5 cm³/mol. The van der Waals surface area contributed by atoms with Gasteiger partial charge in [-0.3, -0.25) is 14.5 Å². The molecule has 7 heteroatoms. The van der Waals surface area contributed by atoms with Crippen molar-refractivity contribution < 1.29 is 23.5 Å². The molecule has 0 saturated carbocycles. The minimum atomic E-state index is -0.868. The number of carbonyl (C=O) groups is 2. The molecule has 0 aliphatic carbocycles. The van der Waals surface area contributed by atoms with Crippen LogP contribution in [-0.4, -0.2) is 59.0 Å². The van der Waals surface area contributed by atoms with Crippen molar-refractivity contribution in [3.05, 3.63) is 35.4 Å². The summed E-state index contributed by atoms with van der Waals surface area (Å²) in [7, 11) is 0. The fourth-order valence-electron chi connectivity index (χ4n) is 2.58. The zero-order valence-electron chi connectivity index (χ0n) is 12.3. The van der Waals surface area contributed by atoms with E-state index in [0.717, 1.165) is 18.2 Å². The third-order valence-electron chi connectivity index (χ3n) is 3.85. The number of rotatable bonds is 4. The van der Waals surface area contributed by atoms with Gasteiger partial charge in [0, 0.05) is 32.2 Å². The Morgan fingerprint density at radius 3 is 2.45 bits per heavy atom. The molecular weight excluding hydrogens is 294 g/mol. The highest BCUT2D eigenvalue weighted by Crippen LogP contribution is 2.15. The van der Waals surface area contributed by atoms with Crippen LogP contribution in [0.15, 0.2) is 18.2 Å². The van der Waals surface area contributed by atoms with E-state index in [1.807, 2.05) is 11.8 Å². The number of hydrogen-bond donors (Lipinski definition) is 1. The predicted octanol–water partition coefficient (Wildman–Crippen LogP) is 1.59. The van der Waals surface area contributed by atoms with Crippen molar-refractivity contribution in [1.82, 2.24) is 9.80 Å². The first-order chi connectivity index (χ1) is 10.4. The Morgan fingerprint density at radius 2 is 1.86 bits per heavy atom. The van der Waals surface area contributed by atoms with E-state index in [1.54, 1.807) is 0 Å². The average molecular weight is 312 g/mol. The molecule has 1 aliphatic heterocycles. The molecule has 1 saturated heterocycles. The Labute approximate surface area is 127 Å². The molecular formula is C15H18F2N2O3. The third kappa shape index (κ3) is 3.79. The lowest BCUT2D eigenvalue weighted by Gasteiger charge is -2.37. The van der Waals surface area contributed by atoms with Crippen molar-refractivity contribution >= 4 is 11.9 Å². The Kier molecular flexibility index (Phi) is 5.07. The molecule has 1 aromatic rings. The molecule has 1 N–H and O–H groups in total. The Bertz CT molecular complexity index is 572. The minimum absolute atomic E-state index is 0.0342. The normalized spacial score (nSPS) is 17.3. The summed E-state index contributed by atoms with van der Waals surface area (Å²) in [5.74, 6) is -2.80. The number of amides is 1. The lowest BCUT2D eigenvalue weighted by atomic mass is 10.1. The van der Waals surface area contributed by atoms with Gasteiger partial charge in [-0.15, -0.1) is 0 Å². The van der Waals surface area contributed by atoms with Crippen molar-refractivity contribution in [2.45, 2.75) is 19.4 Å². The first kappa shape index (κ1) is 16.4. The molecule has 1 amide bonds. The molecule has 120 valence electrons. The van der Waals surface area contributed by atoms with E-state index in [1.165, 1.54) is 4.90 Å². The number of piperazine rings is 1. The maximum absolute atomic E-state index is 13.6. The average Bonchev–Trinajstić information content (AvgIpc) is 2.48. The first-order valence-electron chi connectivity index (χ1n) is 7.08. The van der Waals surface area contributed by atoms with E-state index in [0.29, 0.717) is 26.2 Å². The van der Waals surface area contributed by atoms with Gasteiger partial charge in [-0.05, 0) is 25.1 Å². The number of carbonyl (C=O) groups excluding carboxylic acids is 1. The Balaban J connectivity index is 1.98. The van der Waals surface area contributed by atoms with Crippen LogP contribution in [-0.2, 0) is 4.79 Å². The largest absolute Gasteiger partial charge is 0.481 e. The van der Waals surface area contributed by atoms with Crippen LogP contribution in [0.25, 0.3) is 0 Å². The number of carboxylic acid groups (broad SMARTS) is 1. The van der Waals surface area contributed by atoms with E-state index < -0.39 is 23.5 Å². The summed E-state index contributed by atoms with van der Waals surface area (Å²) in [6.45, 7) is 3.56. The number of carboxylic acids is 1. The monoisotopic (exact) mass is 312 g/mol. The van der Waals surface area contributed by atoms with Gasteiger partial charge in [-0.1, -0.05) is 0 Å². The van der Waals surface area contributed by atoms with E-state index in [4.69, 9.17) is 5.11 Å². The van der Waals surface area contributed by atoms with Crippen LogP contribution >= 0.6 is 0 Å². The summed E-state index contributed by atoms with van der Waals surface area (Å²) in [4.78, 5) is 26.4. The van der Waals surface area contributed by atoms with Crippen molar-refractivity contribution in [3.8, 4) is 0 Å². The molecule has 1 aliphatic rings. The standard InChI is InChI=1S/C15H18F2N2O3/c1-10(8-14(20)21)18-4-6-19(7-5-18)15(22)12-9-11(16)2-3-13(12)17/h2-3,9-10H,4-8H2,1H3,(H,20,21). The molecule has 0 spiro atoms. The fourth-order valence-corrected chi connectivity index (χ4v) is 2.58. The second kappa shape index (κ2) is 6.83. The zero-order chi connectivity index (χ0) is 16.3. The summed E-state index contributed by atoms with van der Waals surface area (Å²) in [6, 6.07) is 2.68. The quantitative estimate of drug-likeness (QED) is 0.917. The number of hydrogen-bond acceptors (Lipinski definition) is 3. The third-order valence-corrected chi connectivity index (χ3v) is 3.85. The van der Waals surface area contributed by atoms with Crippen molar-refractivity contribution in [3.63, 3.8) is 0 Å². The van der Waals surface area contributed by atoms with Gasteiger partial charge in [0.2, 0.25) is 0 Å². The SMILES string of the molecule is CC(CC(=O)O)N1CCN(C(=O)c2cc(F)ccc2F)CC1. The first-order valence-corrected chi connectivity index (χ1v) is 7.08. The Morgan fingerprint density at radius 1 is 1.23 bits per heavy atom. The molecule has 0 aromatic heterocycles. The number of aliphatic carboxylic acids is 1. The number of benzene rings is 1. The highest BCUT2D eigenvalue weighted by Gasteiger charge is 2.27. The van der Waals surface area contributed by atoms with Crippen molar-refractivity contribution in [1.29, 1.82) is 0 Å². The van der Waals surface area contributed by atoms with Gasteiger partial charge in [-0.2, -0.15) is 0 Å². The highest BCUT2D eigenvalue weighted by molar-refractivity contribution is 5.94. The summed E-state index contributed by atoms with van der Waals surface area (Å²) >= 11 is 0. The molecule has 0 bridgehead atoms. The molecule has 1 fully saturated rings. The maximum atomic E-state index is 13.6. The topological polar surface area (TPSA) is 60.9 Å². The van der Waals surface area contributed by atoms with Gasteiger partial charge in [-0.25, -0.2) is 8.78 Å². The Hall–Kier alpha value is -2.02. The van der Waals surface area contributed by atoms with Crippen LogP contribution in [0.4, 0.5) is 8.78 Å². The maximum Gasteiger partial charge on any atom is 0.304 e. The molecule has 5 nitrogen and oxygen atoms in total. The lowest BCUT2D eigenvalue weighted by Crippen LogP contribution is -2.51. The van der Waals surface area contributed by atoms with Crippen LogP contribution in [0, 0.1) is 11.6 Å². The summed E-state index contributed by atoms with van der Waals surface area (Å²) in [6.07, 6.45) is 0.0342. The molecule has 22 heavy (non-hydrogen) atoms. The molecule has 0 radical (unpaired) electrons. The van der Waals surface area contributed by atoms with E-state index in [9.17, 15) is 18.4 Å². The van der Waals surface area contributed by atoms with Crippen LogP contribution in [0.2, 0.25) is 0 Å². The van der Waals surface area contributed by atoms with E-state index in [2.05, 4.69) is 0 Å². The van der Waals surface area contributed by atoms with Gasteiger partial charge in [0.1, 0.15) is 11.6 Å². The summed E-state index contributed by atoms with van der Waals surface area (Å²) in [5, 5.41) is 8.79. The van der Waals surface area contributed by atoms with Gasteiger partial charge in [0.15, 0.2) is 0 Å². The van der Waals surface area contributed by atoms with Crippen molar-refractivity contribution in [2.75, 3.05) is 26.2 Å². The van der Waals surface area contributed by atoms with E-state index in [-0.39, 0.29) is 18.0 Å². The van der Waals surface area contributed by atoms with Crippen LogP contribution in [0.1, 0.15) is 23.7 Å². The molecule has 1 heterocycles. The summed E-state index contributed by atoms with van der Waals surface area (Å²) < 4.78 is 26.8. The fraction of sp³-hybridized carbons (Fsp3) is 0.467. The van der Waals surface area contributed by atoms with Gasteiger partial charge < -0.3 is 10.0 Å². The molecule has 2 rings (SSSR count). The minimum Gasteiger partial charge on any atom is -0.481 e. The van der Waals surface area contributed by atoms with Crippen molar-refractivity contribution in [2.24, 2.45) is 0 Å². The van der Waals surface area contributed by atoms with E-state index >= 15 is 0 Å². The lowest BCUT2D eigenvalue weighted by molar-refractivity contribution is -0.138.